The maximum atomic E-state index is 12.2. The number of aliphatic hydroxyl groups excluding tert-OH is 1. The summed E-state index contributed by atoms with van der Waals surface area (Å²) in [5.74, 6) is 0. The van der Waals surface area contributed by atoms with Gasteiger partial charge in [0.2, 0.25) is 9.84 Å². The zero-order chi connectivity index (χ0) is 13.4. The number of unbranched alkanes of at least 4 members (excludes halogenated alkanes) is 2. The third-order valence-electron chi connectivity index (χ3n) is 2.64. The van der Waals surface area contributed by atoms with E-state index in [1.54, 1.807) is 30.3 Å². The molecule has 0 atom stereocenters. The first-order valence-corrected chi connectivity index (χ1v) is 7.41. The fourth-order valence-electron chi connectivity index (χ4n) is 1.63. The highest BCUT2D eigenvalue weighted by Crippen LogP contribution is 2.22. The average Bonchev–Trinajstić information content (AvgIpc) is 2.39. The molecule has 0 aliphatic heterocycles. The Morgan fingerprint density at radius 1 is 1.17 bits per heavy atom. The average molecular weight is 266 g/mol. The second kappa shape index (κ2) is 7.17. The molecule has 0 unspecified atom stereocenters. The molecular weight excluding hydrogens is 248 g/mol. The number of hydrogen-bond donors (Lipinski definition) is 1. The van der Waals surface area contributed by atoms with Crippen molar-refractivity contribution in [3.8, 4) is 0 Å². The molecular formula is C14H18O3S. The van der Waals surface area contributed by atoms with Crippen LogP contribution in [0.1, 0.15) is 25.7 Å². The summed E-state index contributed by atoms with van der Waals surface area (Å²) in [7, 11) is -3.46. The van der Waals surface area contributed by atoms with Gasteiger partial charge in [-0.15, -0.1) is 5.73 Å². The van der Waals surface area contributed by atoms with Gasteiger partial charge in [0.05, 0.1) is 9.80 Å². The van der Waals surface area contributed by atoms with Crippen molar-refractivity contribution in [2.45, 2.75) is 30.6 Å². The van der Waals surface area contributed by atoms with Crippen molar-refractivity contribution in [2.75, 3.05) is 6.61 Å². The van der Waals surface area contributed by atoms with Gasteiger partial charge in [-0.25, -0.2) is 8.42 Å². The van der Waals surface area contributed by atoms with Crippen molar-refractivity contribution in [3.63, 3.8) is 0 Å². The zero-order valence-electron chi connectivity index (χ0n) is 10.3. The molecule has 0 saturated heterocycles. The number of benzene rings is 1. The smallest absolute Gasteiger partial charge is 0.209 e. The van der Waals surface area contributed by atoms with Crippen LogP contribution in [0.5, 0.6) is 0 Å². The number of hydrogen-bond acceptors (Lipinski definition) is 3. The lowest BCUT2D eigenvalue weighted by Gasteiger charge is -2.06. The second-order valence-electron chi connectivity index (χ2n) is 3.95. The first kappa shape index (κ1) is 14.7. The van der Waals surface area contributed by atoms with E-state index in [1.165, 1.54) is 0 Å². The van der Waals surface area contributed by atoms with Gasteiger partial charge in [-0.3, -0.25) is 0 Å². The van der Waals surface area contributed by atoms with Gasteiger partial charge in [0, 0.05) is 6.61 Å². The minimum atomic E-state index is -3.46. The van der Waals surface area contributed by atoms with Crippen molar-refractivity contribution < 1.29 is 13.5 Å². The topological polar surface area (TPSA) is 54.4 Å². The summed E-state index contributed by atoms with van der Waals surface area (Å²) < 4.78 is 24.5. The normalized spacial score (nSPS) is 10.9. The van der Waals surface area contributed by atoms with Crippen LogP contribution in [0.15, 0.2) is 52.4 Å². The fraction of sp³-hybridized carbons (Fsp3) is 0.357. The maximum Gasteiger partial charge on any atom is 0.209 e. The fourth-order valence-corrected chi connectivity index (χ4v) is 3.04. The molecule has 1 rings (SSSR count). The molecule has 1 aromatic carbocycles. The zero-order valence-corrected chi connectivity index (χ0v) is 11.1. The second-order valence-corrected chi connectivity index (χ2v) is 5.92. The van der Waals surface area contributed by atoms with Gasteiger partial charge >= 0.3 is 0 Å². The molecule has 0 saturated carbocycles. The summed E-state index contributed by atoms with van der Waals surface area (Å²) in [5, 5.41) is 8.67. The molecule has 3 nitrogen and oxygen atoms in total. The molecule has 0 bridgehead atoms. The van der Waals surface area contributed by atoms with E-state index in [0.717, 1.165) is 6.42 Å². The highest BCUT2D eigenvalue weighted by Gasteiger charge is 2.19. The summed E-state index contributed by atoms with van der Waals surface area (Å²) in [4.78, 5) is 0.505. The lowest BCUT2D eigenvalue weighted by Crippen LogP contribution is -2.04. The molecule has 0 fully saturated rings. The van der Waals surface area contributed by atoms with Gasteiger partial charge < -0.3 is 5.11 Å². The van der Waals surface area contributed by atoms with E-state index in [0.29, 0.717) is 19.3 Å². The van der Waals surface area contributed by atoms with Gasteiger partial charge in [-0.05, 0) is 31.4 Å². The quantitative estimate of drug-likeness (QED) is 0.610. The molecule has 0 aromatic heterocycles. The highest BCUT2D eigenvalue weighted by atomic mass is 32.2. The molecule has 0 radical (unpaired) electrons. The predicted molar refractivity (Wildman–Crippen MR) is 71.8 cm³/mol. The van der Waals surface area contributed by atoms with E-state index < -0.39 is 9.84 Å². The van der Waals surface area contributed by atoms with E-state index in [9.17, 15) is 8.42 Å². The van der Waals surface area contributed by atoms with Crippen molar-refractivity contribution in [1.29, 1.82) is 0 Å². The van der Waals surface area contributed by atoms with Gasteiger partial charge in [0.25, 0.3) is 0 Å². The molecule has 18 heavy (non-hydrogen) atoms. The number of sulfone groups is 1. The minimum Gasteiger partial charge on any atom is -0.396 e. The van der Waals surface area contributed by atoms with Crippen molar-refractivity contribution in [2.24, 2.45) is 0 Å². The van der Waals surface area contributed by atoms with Crippen LogP contribution < -0.4 is 0 Å². The summed E-state index contributed by atoms with van der Waals surface area (Å²) in [6, 6.07) is 8.30. The van der Waals surface area contributed by atoms with E-state index in [1.807, 2.05) is 0 Å². The molecule has 0 heterocycles. The molecule has 0 aliphatic rings. The Kier molecular flexibility index (Phi) is 5.86. The molecule has 98 valence electrons. The monoisotopic (exact) mass is 266 g/mol. The highest BCUT2D eigenvalue weighted by molar-refractivity contribution is 7.95. The third-order valence-corrected chi connectivity index (χ3v) is 4.53. The van der Waals surface area contributed by atoms with E-state index in [-0.39, 0.29) is 16.4 Å². The molecule has 1 aromatic rings. The summed E-state index contributed by atoms with van der Waals surface area (Å²) in [6.45, 7) is 3.60. The Bertz CT molecular complexity index is 511. The molecule has 1 N–H and O–H groups in total. The van der Waals surface area contributed by atoms with Crippen LogP contribution in [0.25, 0.3) is 0 Å². The molecule has 0 amide bonds. The van der Waals surface area contributed by atoms with Crippen LogP contribution >= 0.6 is 0 Å². The third kappa shape index (κ3) is 3.84. The Labute approximate surface area is 108 Å². The van der Waals surface area contributed by atoms with E-state index >= 15 is 0 Å². The Hall–Kier alpha value is -1.35. The largest absolute Gasteiger partial charge is 0.396 e. The SMILES string of the molecule is C=C=C(CCCCCO)S(=O)(=O)c1ccccc1. The lowest BCUT2D eigenvalue weighted by molar-refractivity contribution is 0.283. The predicted octanol–water partition coefficient (Wildman–Crippen LogP) is 2.68. The van der Waals surface area contributed by atoms with Crippen LogP contribution in [0.2, 0.25) is 0 Å². The standard InChI is InChI=1S/C14H18O3S/c1-2-13(9-7-4-8-12-15)18(16,17)14-10-5-3-6-11-14/h3,5-6,10-11,15H,1,4,7-9,12H2. The number of allylic oxidation sites excluding steroid dienone is 1. The Morgan fingerprint density at radius 3 is 2.39 bits per heavy atom. The Morgan fingerprint density at radius 2 is 1.83 bits per heavy atom. The summed E-state index contributed by atoms with van der Waals surface area (Å²) in [5.41, 5.74) is 2.53. The molecule has 0 aliphatic carbocycles. The van der Waals surface area contributed by atoms with Crippen LogP contribution in [-0.4, -0.2) is 20.1 Å². The van der Waals surface area contributed by atoms with Crippen molar-refractivity contribution in [1.82, 2.24) is 0 Å². The Balaban J connectivity index is 2.80. The minimum absolute atomic E-state index is 0.137. The van der Waals surface area contributed by atoms with E-state index in [4.69, 9.17) is 5.11 Å². The van der Waals surface area contributed by atoms with Crippen LogP contribution in [0.4, 0.5) is 0 Å². The van der Waals surface area contributed by atoms with Crippen LogP contribution in [-0.2, 0) is 9.84 Å². The van der Waals surface area contributed by atoms with E-state index in [2.05, 4.69) is 12.3 Å². The van der Waals surface area contributed by atoms with Crippen LogP contribution in [0.3, 0.4) is 0 Å². The number of rotatable bonds is 7. The first-order chi connectivity index (χ1) is 8.62. The summed E-state index contributed by atoms with van der Waals surface area (Å²) >= 11 is 0. The van der Waals surface area contributed by atoms with Gasteiger partial charge in [0.1, 0.15) is 0 Å². The lowest BCUT2D eigenvalue weighted by atomic mass is 10.2. The summed E-state index contributed by atoms with van der Waals surface area (Å²) in [6.07, 6.45) is 2.62. The maximum absolute atomic E-state index is 12.2. The number of aliphatic hydroxyl groups is 1. The van der Waals surface area contributed by atoms with Crippen molar-refractivity contribution >= 4 is 9.84 Å². The van der Waals surface area contributed by atoms with Gasteiger partial charge in [-0.1, -0.05) is 31.2 Å². The molecule has 0 spiro atoms. The van der Waals surface area contributed by atoms with Crippen LogP contribution in [0, 0.1) is 0 Å². The van der Waals surface area contributed by atoms with Gasteiger partial charge in [-0.2, -0.15) is 0 Å². The van der Waals surface area contributed by atoms with Crippen molar-refractivity contribution in [3.05, 3.63) is 47.5 Å². The van der Waals surface area contributed by atoms with Gasteiger partial charge in [0.15, 0.2) is 0 Å². The molecule has 4 heteroatoms. The first-order valence-electron chi connectivity index (χ1n) is 5.93.